The van der Waals surface area contributed by atoms with E-state index in [1.54, 1.807) is 36.4 Å². The van der Waals surface area contributed by atoms with Crippen LogP contribution in [0.25, 0.3) is 10.8 Å². The zero-order valence-electron chi connectivity index (χ0n) is 19.4. The summed E-state index contributed by atoms with van der Waals surface area (Å²) in [5, 5.41) is 11.9. The van der Waals surface area contributed by atoms with Crippen LogP contribution in [-0.4, -0.2) is 41.2 Å². The van der Waals surface area contributed by atoms with E-state index in [0.29, 0.717) is 24.9 Å². The van der Waals surface area contributed by atoms with Gasteiger partial charge in [0.25, 0.3) is 5.91 Å². The van der Waals surface area contributed by atoms with Gasteiger partial charge in [0, 0.05) is 18.7 Å². The highest BCUT2D eigenvalue weighted by Crippen LogP contribution is 2.21. The monoisotopic (exact) mass is 474 g/mol. The van der Waals surface area contributed by atoms with E-state index in [1.165, 1.54) is 4.90 Å². The van der Waals surface area contributed by atoms with E-state index >= 15 is 0 Å². The third kappa shape index (κ3) is 7.04. The maximum absolute atomic E-state index is 13.7. The van der Waals surface area contributed by atoms with Crippen LogP contribution in [0.3, 0.4) is 0 Å². The fourth-order valence-corrected chi connectivity index (χ4v) is 3.94. The molecule has 0 saturated carbocycles. The Balaban J connectivity index is 1.90. The van der Waals surface area contributed by atoms with Crippen LogP contribution in [-0.2, 0) is 22.6 Å². The molecule has 0 heterocycles. The molecule has 3 amide bonds. The van der Waals surface area contributed by atoms with Crippen LogP contribution < -0.4 is 22.5 Å². The number of rotatable bonds is 11. The second kappa shape index (κ2) is 11.6. The van der Waals surface area contributed by atoms with Crippen LogP contribution in [0, 0.1) is 5.41 Å². The molecule has 0 spiro atoms. The molecule has 3 aromatic rings. The summed E-state index contributed by atoms with van der Waals surface area (Å²) >= 11 is 0. The minimum absolute atomic E-state index is 0.118. The Kier molecular flexibility index (Phi) is 8.39. The second-order valence-corrected chi connectivity index (χ2v) is 8.36. The minimum Gasteiger partial charge on any atom is -0.370 e. The Bertz CT molecular complexity index is 1230. The molecule has 3 rings (SSSR count). The zero-order chi connectivity index (χ0) is 25.4. The molecule has 35 heavy (non-hydrogen) atoms. The van der Waals surface area contributed by atoms with E-state index in [2.05, 4.69) is 5.32 Å². The van der Waals surface area contributed by atoms with Gasteiger partial charge in [-0.05, 0) is 46.9 Å². The van der Waals surface area contributed by atoms with Crippen LogP contribution >= 0.6 is 0 Å². The highest BCUT2D eigenvalue weighted by atomic mass is 16.2. The number of carbonyl (C=O) groups is 3. The summed E-state index contributed by atoms with van der Waals surface area (Å²) in [5.41, 5.74) is 18.3. The molecule has 0 aromatic heterocycles. The van der Waals surface area contributed by atoms with Crippen LogP contribution in [0.4, 0.5) is 0 Å². The molecule has 9 heteroatoms. The molecule has 0 bridgehead atoms. The quantitative estimate of drug-likeness (QED) is 0.161. The first-order valence-electron chi connectivity index (χ1n) is 11.3. The first kappa shape index (κ1) is 25.2. The average molecular weight is 475 g/mol. The molecule has 1 atom stereocenters. The maximum Gasteiger partial charge on any atom is 0.254 e. The van der Waals surface area contributed by atoms with Crippen molar-refractivity contribution in [1.82, 2.24) is 10.2 Å². The lowest BCUT2D eigenvalue weighted by molar-refractivity contribution is -0.123. The number of benzene rings is 3. The summed E-state index contributed by atoms with van der Waals surface area (Å²) in [6.07, 6.45) is 0.897. The van der Waals surface area contributed by atoms with Crippen molar-refractivity contribution in [2.24, 2.45) is 17.2 Å². The highest BCUT2D eigenvalue weighted by molar-refractivity contribution is 6.00. The Morgan fingerprint density at radius 3 is 2.17 bits per heavy atom. The van der Waals surface area contributed by atoms with Gasteiger partial charge in [0.1, 0.15) is 6.04 Å². The van der Waals surface area contributed by atoms with Crippen LogP contribution in [0.2, 0.25) is 0 Å². The molecular weight excluding hydrogens is 444 g/mol. The fraction of sp³-hybridized carbons (Fsp3) is 0.231. The van der Waals surface area contributed by atoms with Crippen molar-refractivity contribution in [3.05, 3.63) is 83.4 Å². The predicted molar refractivity (Wildman–Crippen MR) is 135 cm³/mol. The van der Waals surface area contributed by atoms with Crippen molar-refractivity contribution in [3.63, 3.8) is 0 Å². The second-order valence-electron chi connectivity index (χ2n) is 8.36. The van der Waals surface area contributed by atoms with Gasteiger partial charge in [0.05, 0.1) is 6.42 Å². The molecule has 0 radical (unpaired) electrons. The van der Waals surface area contributed by atoms with Crippen molar-refractivity contribution in [3.8, 4) is 0 Å². The summed E-state index contributed by atoms with van der Waals surface area (Å²) in [4.78, 5) is 38.8. The lowest BCUT2D eigenvalue weighted by atomic mass is 10.0. The third-order valence-electron chi connectivity index (χ3n) is 5.69. The van der Waals surface area contributed by atoms with E-state index in [0.717, 1.165) is 21.9 Å². The van der Waals surface area contributed by atoms with Gasteiger partial charge in [-0.25, -0.2) is 0 Å². The Morgan fingerprint density at radius 1 is 0.886 bits per heavy atom. The first-order valence-corrected chi connectivity index (χ1v) is 11.3. The molecule has 0 saturated heterocycles. The third-order valence-corrected chi connectivity index (χ3v) is 5.69. The average Bonchev–Trinajstić information content (AvgIpc) is 2.82. The number of hydrogen-bond acceptors (Lipinski definition) is 4. The SMILES string of the molecule is N=C(N)NCCC[C@H](C(N)=O)N(Cc1ccc(CC(N)=O)cc1)C(=O)c1ccc2ccccc2c1. The van der Waals surface area contributed by atoms with Gasteiger partial charge in [0.2, 0.25) is 11.8 Å². The summed E-state index contributed by atoms with van der Waals surface area (Å²) in [7, 11) is 0. The van der Waals surface area contributed by atoms with E-state index < -0.39 is 17.9 Å². The largest absolute Gasteiger partial charge is 0.370 e. The molecule has 0 unspecified atom stereocenters. The number of carbonyl (C=O) groups excluding carboxylic acids is 3. The number of hydrogen-bond donors (Lipinski definition) is 5. The number of fused-ring (bicyclic) bond motifs is 1. The fourth-order valence-electron chi connectivity index (χ4n) is 3.94. The van der Waals surface area contributed by atoms with Gasteiger partial charge in [-0.2, -0.15) is 0 Å². The van der Waals surface area contributed by atoms with E-state index in [-0.39, 0.29) is 24.8 Å². The van der Waals surface area contributed by atoms with Crippen LogP contribution in [0.5, 0.6) is 0 Å². The summed E-state index contributed by atoms with van der Waals surface area (Å²) < 4.78 is 0. The Morgan fingerprint density at radius 2 is 1.54 bits per heavy atom. The van der Waals surface area contributed by atoms with Gasteiger partial charge in [-0.15, -0.1) is 0 Å². The molecule has 0 fully saturated rings. The number of amides is 3. The van der Waals surface area contributed by atoms with Crippen molar-refractivity contribution >= 4 is 34.5 Å². The van der Waals surface area contributed by atoms with Gasteiger partial charge >= 0.3 is 0 Å². The number of guanidine groups is 1. The van der Waals surface area contributed by atoms with Crippen LogP contribution in [0.15, 0.2) is 66.7 Å². The standard InChI is InChI=1S/C26H30N6O3/c27-23(33)14-17-7-9-18(10-8-17)16-32(22(24(28)34)6-3-13-31-26(29)30)25(35)21-12-11-19-4-1-2-5-20(19)15-21/h1-2,4-5,7-12,15,22H,3,6,13-14,16H2,(H2,27,33)(H2,28,34)(H4,29,30,31)/t22-/m1/s1. The molecule has 182 valence electrons. The Hall–Kier alpha value is -4.40. The molecule has 0 aliphatic heterocycles. The van der Waals surface area contributed by atoms with Gasteiger partial charge in [0.15, 0.2) is 5.96 Å². The highest BCUT2D eigenvalue weighted by Gasteiger charge is 2.29. The lowest BCUT2D eigenvalue weighted by Gasteiger charge is -2.30. The summed E-state index contributed by atoms with van der Waals surface area (Å²) in [6.45, 7) is 0.523. The maximum atomic E-state index is 13.7. The Labute approximate surface area is 203 Å². The smallest absolute Gasteiger partial charge is 0.254 e. The number of nitrogens with two attached hydrogens (primary N) is 3. The van der Waals surface area contributed by atoms with Crippen LogP contribution in [0.1, 0.15) is 34.3 Å². The van der Waals surface area contributed by atoms with Gasteiger partial charge in [-0.3, -0.25) is 19.8 Å². The normalized spacial score (nSPS) is 11.5. The molecule has 8 N–H and O–H groups in total. The molecule has 3 aromatic carbocycles. The molecule has 9 nitrogen and oxygen atoms in total. The molecular formula is C26H30N6O3. The zero-order valence-corrected chi connectivity index (χ0v) is 19.4. The van der Waals surface area contributed by atoms with Gasteiger partial charge < -0.3 is 27.4 Å². The van der Waals surface area contributed by atoms with Gasteiger partial charge in [-0.1, -0.05) is 54.6 Å². The molecule has 0 aliphatic rings. The number of nitrogens with one attached hydrogen (secondary N) is 2. The van der Waals surface area contributed by atoms with Crippen molar-refractivity contribution in [1.29, 1.82) is 5.41 Å². The lowest BCUT2D eigenvalue weighted by Crippen LogP contribution is -2.48. The predicted octanol–water partition coefficient (Wildman–Crippen LogP) is 1.63. The van der Waals surface area contributed by atoms with Crippen molar-refractivity contribution in [2.45, 2.75) is 31.8 Å². The van der Waals surface area contributed by atoms with E-state index in [4.69, 9.17) is 22.6 Å². The number of nitrogens with zero attached hydrogens (tertiary/aromatic N) is 1. The number of primary amides is 2. The van der Waals surface area contributed by atoms with E-state index in [1.807, 2.05) is 30.3 Å². The summed E-state index contributed by atoms with van der Waals surface area (Å²) in [6, 6.07) is 19.4. The summed E-state index contributed by atoms with van der Waals surface area (Å²) in [5.74, 6) is -1.54. The molecule has 0 aliphatic carbocycles. The van der Waals surface area contributed by atoms with Crippen molar-refractivity contribution in [2.75, 3.05) is 6.54 Å². The first-order chi connectivity index (χ1) is 16.7. The minimum atomic E-state index is -0.868. The van der Waals surface area contributed by atoms with E-state index in [9.17, 15) is 14.4 Å². The van der Waals surface area contributed by atoms with Crippen molar-refractivity contribution < 1.29 is 14.4 Å². The topological polar surface area (TPSA) is 168 Å².